The van der Waals surface area contributed by atoms with Crippen molar-refractivity contribution in [1.29, 1.82) is 0 Å². The molecule has 12 aromatic rings. The van der Waals surface area contributed by atoms with E-state index in [2.05, 4.69) is 224 Å². The molecule has 3 nitrogen and oxygen atoms in total. The van der Waals surface area contributed by atoms with Gasteiger partial charge in [-0.25, -0.2) is 15.0 Å². The van der Waals surface area contributed by atoms with Gasteiger partial charge in [0, 0.05) is 16.7 Å². The van der Waals surface area contributed by atoms with Crippen LogP contribution in [0.5, 0.6) is 0 Å². The van der Waals surface area contributed by atoms with Crippen LogP contribution < -0.4 is 0 Å². The number of aromatic nitrogens is 3. The first-order valence-electron chi connectivity index (χ1n) is 21.1. The van der Waals surface area contributed by atoms with Crippen LogP contribution in [-0.2, 0) is 0 Å². The second-order valence-electron chi connectivity index (χ2n) is 16.0. The highest BCUT2D eigenvalue weighted by Gasteiger charge is 2.17. The summed E-state index contributed by atoms with van der Waals surface area (Å²) in [6, 6.07) is 80.2. The Hall–Kier alpha value is -8.27. The fourth-order valence-corrected chi connectivity index (χ4v) is 9.16. The predicted octanol–water partition coefficient (Wildman–Crippen LogP) is 15.6. The number of rotatable bonds is 6. The van der Waals surface area contributed by atoms with Gasteiger partial charge in [0.15, 0.2) is 17.5 Å². The van der Waals surface area contributed by atoms with Crippen LogP contribution in [0.1, 0.15) is 0 Å². The summed E-state index contributed by atoms with van der Waals surface area (Å²) in [5.74, 6) is 1.89. The van der Waals surface area contributed by atoms with Crippen molar-refractivity contribution in [2.75, 3.05) is 0 Å². The summed E-state index contributed by atoms with van der Waals surface area (Å²) in [6.45, 7) is 0. The van der Waals surface area contributed by atoms with E-state index in [1.807, 2.05) is 0 Å². The Morgan fingerprint density at radius 1 is 0.194 bits per heavy atom. The summed E-state index contributed by atoms with van der Waals surface area (Å²) in [4.78, 5) is 15.7. The van der Waals surface area contributed by atoms with E-state index in [0.29, 0.717) is 17.5 Å². The molecule has 11 aromatic carbocycles. The van der Waals surface area contributed by atoms with Gasteiger partial charge < -0.3 is 0 Å². The van der Waals surface area contributed by atoms with E-state index in [1.54, 1.807) is 0 Å². The fraction of sp³-hybridized carbons (Fsp3) is 0. The molecule has 0 saturated heterocycles. The molecule has 0 spiro atoms. The van der Waals surface area contributed by atoms with E-state index < -0.39 is 0 Å². The Balaban J connectivity index is 1.01. The van der Waals surface area contributed by atoms with Gasteiger partial charge in [-0.2, -0.15) is 0 Å². The number of benzene rings is 11. The van der Waals surface area contributed by atoms with Crippen LogP contribution in [-0.4, -0.2) is 15.0 Å². The number of fused-ring (bicyclic) bond motifs is 6. The SMILES string of the molecule is c1ccc(-c2ccc3cc(-c4nc(-c5ccc(-c6cccc7ccccc67)cc5)nc(-c5ccc6cccc(-c7cc8ccccc8c8ccccc78)c6c5)n4)ccc3c2)cc1. The van der Waals surface area contributed by atoms with Crippen molar-refractivity contribution in [3.8, 4) is 67.5 Å². The van der Waals surface area contributed by atoms with E-state index in [-0.39, 0.29) is 0 Å². The Labute approximate surface area is 359 Å². The summed E-state index contributed by atoms with van der Waals surface area (Å²) in [6.07, 6.45) is 0. The van der Waals surface area contributed by atoms with Gasteiger partial charge in [0.25, 0.3) is 0 Å². The van der Waals surface area contributed by atoms with Gasteiger partial charge in [0.05, 0.1) is 0 Å². The van der Waals surface area contributed by atoms with Crippen LogP contribution >= 0.6 is 0 Å². The van der Waals surface area contributed by atoms with Crippen molar-refractivity contribution in [3.05, 3.63) is 224 Å². The molecule has 0 fully saturated rings. The smallest absolute Gasteiger partial charge is 0.164 e. The molecule has 62 heavy (non-hydrogen) atoms. The van der Waals surface area contributed by atoms with E-state index >= 15 is 0 Å². The zero-order valence-electron chi connectivity index (χ0n) is 33.7. The van der Waals surface area contributed by atoms with E-state index in [1.165, 1.54) is 60.1 Å². The molecule has 3 heteroatoms. The van der Waals surface area contributed by atoms with Crippen molar-refractivity contribution in [3.63, 3.8) is 0 Å². The summed E-state index contributed by atoms with van der Waals surface area (Å²) in [7, 11) is 0. The van der Waals surface area contributed by atoms with E-state index in [4.69, 9.17) is 15.0 Å². The first kappa shape index (κ1) is 35.7. The monoisotopic (exact) mass is 787 g/mol. The third-order valence-electron chi connectivity index (χ3n) is 12.3. The molecule has 1 aromatic heterocycles. The van der Waals surface area contributed by atoms with Crippen molar-refractivity contribution >= 4 is 53.9 Å². The summed E-state index contributed by atoms with van der Waals surface area (Å²) in [5.41, 5.74) is 9.91. The number of hydrogen-bond donors (Lipinski definition) is 0. The van der Waals surface area contributed by atoms with Crippen LogP contribution in [0, 0.1) is 0 Å². The van der Waals surface area contributed by atoms with Gasteiger partial charge in [0.1, 0.15) is 0 Å². The molecular formula is C59H37N3. The van der Waals surface area contributed by atoms with Crippen LogP contribution in [0.4, 0.5) is 0 Å². The Bertz CT molecular complexity index is 3680. The minimum absolute atomic E-state index is 0.628. The minimum Gasteiger partial charge on any atom is -0.208 e. The summed E-state index contributed by atoms with van der Waals surface area (Å²) < 4.78 is 0. The third-order valence-corrected chi connectivity index (χ3v) is 12.3. The van der Waals surface area contributed by atoms with Crippen LogP contribution in [0.15, 0.2) is 224 Å². The number of nitrogens with zero attached hydrogens (tertiary/aromatic N) is 3. The lowest BCUT2D eigenvalue weighted by molar-refractivity contribution is 1.08. The van der Waals surface area contributed by atoms with Gasteiger partial charge in [-0.1, -0.05) is 200 Å². The topological polar surface area (TPSA) is 38.7 Å². The lowest BCUT2D eigenvalue weighted by Crippen LogP contribution is -2.00. The Kier molecular flexibility index (Phi) is 8.50. The normalized spacial score (nSPS) is 11.5. The molecular weight excluding hydrogens is 751 g/mol. The standard InChI is InChI=1S/C59H37N3/c1-2-12-38(13-3-1)43-29-30-45-35-47(33-31-44(45)34-43)58-60-57(42-27-24-41(25-28-42)50-22-10-16-39-14-4-6-18-49(39)50)61-59(62-58)48-32-26-40-17-11-23-54(55(40)37-48)56-36-46-15-5-7-19-51(46)52-20-8-9-21-53(52)56/h1-37H. The highest BCUT2D eigenvalue weighted by Crippen LogP contribution is 2.40. The van der Waals surface area contributed by atoms with Crippen molar-refractivity contribution in [1.82, 2.24) is 15.0 Å². The lowest BCUT2D eigenvalue weighted by atomic mass is 9.90. The van der Waals surface area contributed by atoms with Gasteiger partial charge in [-0.15, -0.1) is 0 Å². The first-order chi connectivity index (χ1) is 30.7. The maximum Gasteiger partial charge on any atom is 0.164 e. The highest BCUT2D eigenvalue weighted by molar-refractivity contribution is 6.16. The molecule has 0 unspecified atom stereocenters. The Morgan fingerprint density at radius 2 is 0.677 bits per heavy atom. The third kappa shape index (κ3) is 6.27. The maximum absolute atomic E-state index is 5.25. The minimum atomic E-state index is 0.628. The van der Waals surface area contributed by atoms with Gasteiger partial charge in [-0.05, 0) is 112 Å². The zero-order chi connectivity index (χ0) is 41.0. The summed E-state index contributed by atoms with van der Waals surface area (Å²) >= 11 is 0. The highest BCUT2D eigenvalue weighted by atomic mass is 15.0. The van der Waals surface area contributed by atoms with Crippen LogP contribution in [0.3, 0.4) is 0 Å². The molecule has 1 heterocycles. The molecule has 0 radical (unpaired) electrons. The molecule has 0 N–H and O–H groups in total. The molecule has 0 saturated carbocycles. The average molecular weight is 788 g/mol. The predicted molar refractivity (Wildman–Crippen MR) is 260 cm³/mol. The molecule has 0 bridgehead atoms. The molecule has 0 aliphatic heterocycles. The molecule has 0 atom stereocenters. The van der Waals surface area contributed by atoms with Crippen LogP contribution in [0.2, 0.25) is 0 Å². The van der Waals surface area contributed by atoms with Gasteiger partial charge in [0.2, 0.25) is 0 Å². The number of hydrogen-bond acceptors (Lipinski definition) is 3. The molecule has 288 valence electrons. The maximum atomic E-state index is 5.25. The van der Waals surface area contributed by atoms with E-state index in [0.717, 1.165) is 43.8 Å². The van der Waals surface area contributed by atoms with Crippen molar-refractivity contribution < 1.29 is 0 Å². The molecule has 12 rings (SSSR count). The fourth-order valence-electron chi connectivity index (χ4n) is 9.16. The second kappa shape index (κ2) is 14.8. The first-order valence-corrected chi connectivity index (χ1v) is 21.1. The quantitative estimate of drug-likeness (QED) is 0.158. The van der Waals surface area contributed by atoms with Crippen molar-refractivity contribution in [2.24, 2.45) is 0 Å². The largest absolute Gasteiger partial charge is 0.208 e. The second-order valence-corrected chi connectivity index (χ2v) is 16.0. The zero-order valence-corrected chi connectivity index (χ0v) is 33.7. The average Bonchev–Trinajstić information content (AvgIpc) is 3.35. The van der Waals surface area contributed by atoms with Crippen molar-refractivity contribution in [2.45, 2.75) is 0 Å². The van der Waals surface area contributed by atoms with E-state index in [9.17, 15) is 0 Å². The van der Waals surface area contributed by atoms with Gasteiger partial charge >= 0.3 is 0 Å². The molecule has 0 aliphatic carbocycles. The van der Waals surface area contributed by atoms with Crippen LogP contribution in [0.25, 0.3) is 121 Å². The Morgan fingerprint density at radius 3 is 1.42 bits per heavy atom. The summed E-state index contributed by atoms with van der Waals surface area (Å²) in [5, 5.41) is 12.0. The lowest BCUT2D eigenvalue weighted by Gasteiger charge is -2.14. The molecule has 0 amide bonds. The molecule has 0 aliphatic rings. The van der Waals surface area contributed by atoms with Gasteiger partial charge in [-0.3, -0.25) is 0 Å².